The van der Waals surface area contributed by atoms with Crippen LogP contribution >= 0.6 is 0 Å². The summed E-state index contributed by atoms with van der Waals surface area (Å²) in [5, 5.41) is 22.7. The number of carboxylic acids is 1. The maximum absolute atomic E-state index is 12.1. The molecular weight excluding hydrogens is 478 g/mol. The van der Waals surface area contributed by atoms with Crippen molar-refractivity contribution in [3.05, 3.63) is 77.4 Å². The first-order valence-electron chi connectivity index (χ1n) is 13.5. The van der Waals surface area contributed by atoms with Crippen molar-refractivity contribution >= 4 is 5.97 Å². The van der Waals surface area contributed by atoms with Crippen molar-refractivity contribution in [2.45, 2.75) is 57.3 Å². The average Bonchev–Trinajstić information content (AvgIpc) is 3.37. The molecule has 8 nitrogen and oxygen atoms in total. The van der Waals surface area contributed by atoms with Gasteiger partial charge in [-0.25, -0.2) is 9.48 Å². The molecular formula is C30H33N5O3. The van der Waals surface area contributed by atoms with E-state index in [0.29, 0.717) is 11.6 Å². The van der Waals surface area contributed by atoms with Gasteiger partial charge in [-0.05, 0) is 67.0 Å². The molecule has 1 N–H and O–H groups in total. The van der Waals surface area contributed by atoms with Gasteiger partial charge in [0, 0.05) is 25.1 Å². The zero-order chi connectivity index (χ0) is 26.2. The summed E-state index contributed by atoms with van der Waals surface area (Å²) in [5.74, 6) is 0.773. The largest absolute Gasteiger partial charge is 0.493 e. The summed E-state index contributed by atoms with van der Waals surface area (Å²) in [6.07, 6.45) is 10.6. The molecule has 196 valence electrons. The second kappa shape index (κ2) is 10.1. The smallest absolute Gasteiger partial charge is 0.339 e. The monoisotopic (exact) mass is 511 g/mol. The fraction of sp³-hybridized carbons (Fsp3) is 0.400. The molecule has 6 rings (SSSR count). The highest BCUT2D eigenvalue weighted by Crippen LogP contribution is 2.55. The van der Waals surface area contributed by atoms with Crippen molar-refractivity contribution in [2.24, 2.45) is 13.0 Å². The Kier molecular flexibility index (Phi) is 6.47. The summed E-state index contributed by atoms with van der Waals surface area (Å²) in [6.45, 7) is 2.88. The highest BCUT2D eigenvalue weighted by molar-refractivity contribution is 5.89. The zero-order valence-electron chi connectivity index (χ0n) is 21.9. The molecule has 2 aromatic heterocycles. The second-order valence-electron chi connectivity index (χ2n) is 10.7. The summed E-state index contributed by atoms with van der Waals surface area (Å²) in [7, 11) is 1.84. The van der Waals surface area contributed by atoms with Crippen molar-refractivity contribution in [1.29, 1.82) is 0 Å². The normalized spacial score (nSPS) is 19.4. The first-order valence-corrected chi connectivity index (χ1v) is 13.5. The number of hydrogen-bond acceptors (Lipinski definition) is 5. The molecule has 0 radical (unpaired) electrons. The number of nitrogens with zero attached hydrogens (tertiary/aromatic N) is 5. The van der Waals surface area contributed by atoms with Crippen molar-refractivity contribution in [3.8, 4) is 22.6 Å². The van der Waals surface area contributed by atoms with E-state index in [2.05, 4.69) is 46.6 Å². The summed E-state index contributed by atoms with van der Waals surface area (Å²) in [6, 6.07) is 14.3. The third kappa shape index (κ3) is 4.71. The summed E-state index contributed by atoms with van der Waals surface area (Å²) in [5.41, 5.74) is 5.93. The standard InChI is InChI=1S/C30H33N5O3/c1-19-23(12-7-13-28(19)38-18-20-8-4-3-5-9-20)21-10-6-11-22(14-21)35-29(26(16-31-35)30(36)37)25-15-24(25)27-17-34(2)33-32-27/h6-7,10-14,16-17,20,24-25H,3-5,8-9,15,18H2,1-2H3,(H,36,37)/t24-,25?/m1/s1. The molecule has 38 heavy (non-hydrogen) atoms. The van der Waals surface area contributed by atoms with Crippen LogP contribution in [0.1, 0.15) is 77.7 Å². The Balaban J connectivity index is 1.30. The maximum Gasteiger partial charge on any atom is 0.339 e. The predicted molar refractivity (Wildman–Crippen MR) is 144 cm³/mol. The molecule has 1 unspecified atom stereocenters. The predicted octanol–water partition coefficient (Wildman–Crippen LogP) is 5.90. The van der Waals surface area contributed by atoms with Gasteiger partial charge in [0.25, 0.3) is 0 Å². The van der Waals surface area contributed by atoms with E-state index in [-0.39, 0.29) is 17.4 Å². The molecule has 0 saturated heterocycles. The molecule has 2 aromatic carbocycles. The van der Waals surface area contributed by atoms with Gasteiger partial charge in [-0.15, -0.1) is 5.10 Å². The van der Waals surface area contributed by atoms with E-state index in [1.165, 1.54) is 38.3 Å². The summed E-state index contributed by atoms with van der Waals surface area (Å²) < 4.78 is 9.77. The molecule has 2 saturated carbocycles. The number of aryl methyl sites for hydroxylation is 1. The minimum atomic E-state index is -0.967. The van der Waals surface area contributed by atoms with E-state index in [0.717, 1.165) is 46.8 Å². The lowest BCUT2D eigenvalue weighted by Gasteiger charge is -2.22. The van der Waals surface area contributed by atoms with Crippen LogP contribution in [0.3, 0.4) is 0 Å². The first kappa shape index (κ1) is 24.4. The molecule has 2 fully saturated rings. The number of carbonyl (C=O) groups is 1. The third-order valence-electron chi connectivity index (χ3n) is 8.06. The highest BCUT2D eigenvalue weighted by Gasteiger charge is 2.46. The topological polar surface area (TPSA) is 95.1 Å². The Labute approximate surface area is 222 Å². The number of hydrogen-bond donors (Lipinski definition) is 1. The zero-order valence-corrected chi connectivity index (χ0v) is 21.9. The van der Waals surface area contributed by atoms with Gasteiger partial charge in [0.05, 0.1) is 29.9 Å². The van der Waals surface area contributed by atoms with E-state index < -0.39 is 5.97 Å². The van der Waals surface area contributed by atoms with Crippen LogP contribution < -0.4 is 4.74 Å². The molecule has 2 aliphatic carbocycles. The Hall–Kier alpha value is -3.94. The van der Waals surface area contributed by atoms with Gasteiger partial charge in [-0.2, -0.15) is 5.10 Å². The van der Waals surface area contributed by atoms with Crippen LogP contribution in [-0.2, 0) is 7.05 Å². The van der Waals surface area contributed by atoms with E-state index in [9.17, 15) is 9.90 Å². The number of carboxylic acid groups (broad SMARTS) is 1. The number of aromatic nitrogens is 5. The van der Waals surface area contributed by atoms with Crippen LogP contribution in [0.25, 0.3) is 16.8 Å². The fourth-order valence-electron chi connectivity index (χ4n) is 5.89. The van der Waals surface area contributed by atoms with Crippen LogP contribution in [-0.4, -0.2) is 42.5 Å². The van der Waals surface area contributed by atoms with Crippen LogP contribution in [0, 0.1) is 12.8 Å². The van der Waals surface area contributed by atoms with Crippen molar-refractivity contribution in [2.75, 3.05) is 6.61 Å². The lowest BCUT2D eigenvalue weighted by atomic mass is 9.90. The SMILES string of the molecule is Cc1c(OCC2CCCCC2)cccc1-c1cccc(-n2ncc(C(=O)O)c2C2C[C@H]2c2cn(C)nn2)c1. The quantitative estimate of drug-likeness (QED) is 0.316. The lowest BCUT2D eigenvalue weighted by Crippen LogP contribution is -2.15. The van der Waals surface area contributed by atoms with E-state index >= 15 is 0 Å². The summed E-state index contributed by atoms with van der Waals surface area (Å²) in [4.78, 5) is 12.1. The van der Waals surface area contributed by atoms with E-state index in [4.69, 9.17) is 4.74 Å². The van der Waals surface area contributed by atoms with Gasteiger partial charge in [0.15, 0.2) is 0 Å². The van der Waals surface area contributed by atoms with Crippen LogP contribution in [0.5, 0.6) is 5.75 Å². The Bertz CT molecular complexity index is 1470. The molecule has 0 spiro atoms. The van der Waals surface area contributed by atoms with Gasteiger partial charge in [-0.1, -0.05) is 48.7 Å². The average molecular weight is 512 g/mol. The van der Waals surface area contributed by atoms with Gasteiger partial charge in [-0.3, -0.25) is 4.68 Å². The number of benzene rings is 2. The van der Waals surface area contributed by atoms with E-state index in [1.54, 1.807) is 9.36 Å². The number of ether oxygens (including phenoxy) is 1. The molecule has 0 bridgehead atoms. The highest BCUT2D eigenvalue weighted by atomic mass is 16.5. The van der Waals surface area contributed by atoms with Crippen LogP contribution in [0.4, 0.5) is 0 Å². The van der Waals surface area contributed by atoms with Gasteiger partial charge in [0.2, 0.25) is 0 Å². The Morgan fingerprint density at radius 1 is 1.11 bits per heavy atom. The van der Waals surface area contributed by atoms with Crippen molar-refractivity contribution < 1.29 is 14.6 Å². The molecule has 2 atom stereocenters. The van der Waals surface area contributed by atoms with Gasteiger partial charge in [0.1, 0.15) is 11.3 Å². The number of rotatable bonds is 8. The number of aromatic carboxylic acids is 1. The van der Waals surface area contributed by atoms with Crippen LogP contribution in [0.15, 0.2) is 54.9 Å². The van der Waals surface area contributed by atoms with E-state index in [1.807, 2.05) is 31.4 Å². The molecule has 2 heterocycles. The van der Waals surface area contributed by atoms with Gasteiger partial charge >= 0.3 is 5.97 Å². The lowest BCUT2D eigenvalue weighted by molar-refractivity contribution is 0.0695. The third-order valence-corrected chi connectivity index (χ3v) is 8.06. The molecule has 0 amide bonds. The maximum atomic E-state index is 12.1. The summed E-state index contributed by atoms with van der Waals surface area (Å²) >= 11 is 0. The Morgan fingerprint density at radius 2 is 1.92 bits per heavy atom. The first-order chi connectivity index (χ1) is 18.5. The second-order valence-corrected chi connectivity index (χ2v) is 10.7. The van der Waals surface area contributed by atoms with Crippen molar-refractivity contribution in [1.82, 2.24) is 24.8 Å². The molecule has 8 heteroatoms. The Morgan fingerprint density at radius 3 is 2.68 bits per heavy atom. The molecule has 0 aliphatic heterocycles. The minimum Gasteiger partial charge on any atom is -0.493 e. The van der Waals surface area contributed by atoms with Gasteiger partial charge < -0.3 is 9.84 Å². The van der Waals surface area contributed by atoms with Crippen LogP contribution in [0.2, 0.25) is 0 Å². The fourth-order valence-corrected chi connectivity index (χ4v) is 5.89. The molecule has 4 aromatic rings. The minimum absolute atomic E-state index is 0.0298. The molecule has 2 aliphatic rings. The van der Waals surface area contributed by atoms with Crippen molar-refractivity contribution in [3.63, 3.8) is 0 Å².